The molecule has 3 unspecified atom stereocenters. The molecule has 0 bridgehead atoms. The SMILES string of the molecule is CC(C)CCC[C@@H](COS(=O)(=O)[O-])[C@H]1CCC2C3CC=C4C[C@H](O)[C@@H](OS(=O)(=O)[O-])C[C@]4(C)C3CC[C@@]21C.[Na+].[Na+]. The molecule has 9 atom stereocenters. The first-order chi connectivity index (χ1) is 17.5. The minimum atomic E-state index is -4.93. The maximum absolute atomic E-state index is 11.3. The standard InChI is InChI=1S/C27H46O9S2.2Na/c1-17(2)6-5-7-18(16-35-37(29,30)31)21-10-11-22-20-9-8-19-14-24(28)25(36-38(32,33)34)15-27(19,4)23(20)12-13-26(21,22)3;;/h8,17-18,20-25,28H,5-7,9-16H2,1-4H3,(H,29,30,31)(H,32,33,34);;/q;2*+1/p-2/t18-,20?,21+,22?,23?,24-,25-,26+,27-;;/m0../s1. The van der Waals surface area contributed by atoms with Crippen molar-refractivity contribution in [3.63, 3.8) is 0 Å². The van der Waals surface area contributed by atoms with E-state index in [0.717, 1.165) is 56.9 Å². The first-order valence-corrected chi connectivity index (χ1v) is 16.8. The van der Waals surface area contributed by atoms with Crippen molar-refractivity contribution in [1.82, 2.24) is 0 Å². The molecule has 0 aromatic heterocycles. The molecule has 0 spiro atoms. The van der Waals surface area contributed by atoms with E-state index >= 15 is 0 Å². The summed E-state index contributed by atoms with van der Waals surface area (Å²) < 4.78 is 77.6. The van der Waals surface area contributed by atoms with Gasteiger partial charge in [-0.1, -0.05) is 52.2 Å². The molecule has 0 radical (unpaired) electrons. The molecule has 220 valence electrons. The molecular formula is C27H44Na2O9S2. The van der Waals surface area contributed by atoms with Crippen molar-refractivity contribution in [2.24, 2.45) is 46.3 Å². The average molecular weight is 623 g/mol. The Kier molecular flexibility index (Phi) is 13.4. The minimum Gasteiger partial charge on any atom is -0.726 e. The molecule has 9 nitrogen and oxygen atoms in total. The van der Waals surface area contributed by atoms with Gasteiger partial charge in [0, 0.05) is 0 Å². The summed E-state index contributed by atoms with van der Waals surface area (Å²) in [5.74, 6) is 1.86. The monoisotopic (exact) mass is 622 g/mol. The Hall–Kier alpha value is 1.44. The van der Waals surface area contributed by atoms with E-state index in [-0.39, 0.29) is 94.3 Å². The molecule has 0 aromatic carbocycles. The van der Waals surface area contributed by atoms with E-state index in [1.807, 2.05) is 0 Å². The smallest absolute Gasteiger partial charge is 0.726 e. The first-order valence-electron chi connectivity index (χ1n) is 14.2. The Morgan fingerprint density at radius 2 is 1.70 bits per heavy atom. The average Bonchev–Trinajstić information content (AvgIpc) is 3.12. The van der Waals surface area contributed by atoms with E-state index in [9.17, 15) is 31.0 Å². The molecule has 13 heteroatoms. The van der Waals surface area contributed by atoms with Gasteiger partial charge in [-0.25, -0.2) is 16.8 Å². The molecule has 0 amide bonds. The van der Waals surface area contributed by atoms with Gasteiger partial charge in [0.25, 0.3) is 0 Å². The Morgan fingerprint density at radius 1 is 1.02 bits per heavy atom. The van der Waals surface area contributed by atoms with Crippen LogP contribution in [0.25, 0.3) is 0 Å². The van der Waals surface area contributed by atoms with E-state index in [0.29, 0.717) is 30.6 Å². The second kappa shape index (κ2) is 14.3. The zero-order valence-electron chi connectivity index (χ0n) is 25.0. The van der Waals surface area contributed by atoms with Crippen LogP contribution in [0.1, 0.15) is 91.9 Å². The predicted molar refractivity (Wildman–Crippen MR) is 139 cm³/mol. The molecule has 3 fully saturated rings. The number of aliphatic hydroxyl groups excluding tert-OH is 1. The third kappa shape index (κ3) is 8.37. The fraction of sp³-hybridized carbons (Fsp3) is 0.926. The number of hydrogen-bond acceptors (Lipinski definition) is 9. The second-order valence-electron chi connectivity index (χ2n) is 13.3. The Bertz CT molecular complexity index is 1110. The van der Waals surface area contributed by atoms with Crippen LogP contribution in [-0.2, 0) is 29.2 Å². The van der Waals surface area contributed by atoms with Gasteiger partial charge in [0.1, 0.15) is 6.10 Å². The molecular weight excluding hydrogens is 578 g/mol. The van der Waals surface area contributed by atoms with Gasteiger partial charge in [-0.3, -0.25) is 8.37 Å². The molecule has 1 N–H and O–H groups in total. The fourth-order valence-electron chi connectivity index (χ4n) is 9.09. The number of allylic oxidation sites excluding steroid dienone is 1. The van der Waals surface area contributed by atoms with E-state index < -0.39 is 33.0 Å². The van der Waals surface area contributed by atoms with Gasteiger partial charge in [-0.05, 0) is 97.7 Å². The van der Waals surface area contributed by atoms with E-state index in [1.165, 1.54) is 0 Å². The quantitative estimate of drug-likeness (QED) is 0.130. The molecule has 0 aliphatic heterocycles. The van der Waals surface area contributed by atoms with Crippen LogP contribution in [0, 0.1) is 46.3 Å². The summed E-state index contributed by atoms with van der Waals surface area (Å²) >= 11 is 0. The number of hydrogen-bond donors (Lipinski definition) is 1. The van der Waals surface area contributed by atoms with Crippen LogP contribution in [0.4, 0.5) is 0 Å². The molecule has 4 aliphatic rings. The van der Waals surface area contributed by atoms with Crippen molar-refractivity contribution in [1.29, 1.82) is 0 Å². The third-order valence-corrected chi connectivity index (χ3v) is 11.7. The molecule has 4 rings (SSSR count). The van der Waals surface area contributed by atoms with E-state index in [2.05, 4.69) is 33.8 Å². The van der Waals surface area contributed by atoms with Gasteiger partial charge in [0.2, 0.25) is 20.8 Å². The van der Waals surface area contributed by atoms with Crippen molar-refractivity contribution in [3.05, 3.63) is 11.6 Å². The van der Waals surface area contributed by atoms with Gasteiger partial charge in [0.15, 0.2) is 0 Å². The zero-order valence-corrected chi connectivity index (χ0v) is 30.6. The maximum atomic E-state index is 11.3. The van der Waals surface area contributed by atoms with Gasteiger partial charge in [-0.15, -0.1) is 0 Å². The van der Waals surface area contributed by atoms with Crippen LogP contribution >= 0.6 is 0 Å². The Balaban J connectivity index is 0.00000280. The van der Waals surface area contributed by atoms with Crippen LogP contribution in [0.2, 0.25) is 0 Å². The Morgan fingerprint density at radius 3 is 2.30 bits per heavy atom. The van der Waals surface area contributed by atoms with Crippen molar-refractivity contribution >= 4 is 20.8 Å². The van der Waals surface area contributed by atoms with Crippen molar-refractivity contribution in [2.45, 2.75) is 104 Å². The van der Waals surface area contributed by atoms with Crippen LogP contribution < -0.4 is 59.1 Å². The molecule has 40 heavy (non-hydrogen) atoms. The van der Waals surface area contributed by atoms with Gasteiger partial charge in [0.05, 0.1) is 12.7 Å². The van der Waals surface area contributed by atoms with Crippen molar-refractivity contribution in [3.8, 4) is 0 Å². The second-order valence-corrected chi connectivity index (χ2v) is 15.3. The molecule has 3 saturated carbocycles. The third-order valence-electron chi connectivity index (χ3n) is 10.8. The number of aliphatic hydroxyl groups is 1. The maximum Gasteiger partial charge on any atom is 1.00 e. The summed E-state index contributed by atoms with van der Waals surface area (Å²) in [4.78, 5) is 0. The normalized spacial score (nSPS) is 38.2. The van der Waals surface area contributed by atoms with Crippen LogP contribution in [0.15, 0.2) is 11.6 Å². The predicted octanol–water partition coefficient (Wildman–Crippen LogP) is -1.69. The summed E-state index contributed by atoms with van der Waals surface area (Å²) in [6, 6.07) is 0. The van der Waals surface area contributed by atoms with Crippen LogP contribution in [-0.4, -0.2) is 49.9 Å². The largest absolute Gasteiger partial charge is 1.00 e. The van der Waals surface area contributed by atoms with Crippen molar-refractivity contribution < 1.29 is 98.5 Å². The molecule has 0 heterocycles. The van der Waals surface area contributed by atoms with E-state index in [1.54, 1.807) is 0 Å². The first kappa shape index (κ1) is 37.6. The molecule has 4 aliphatic carbocycles. The number of fused-ring (bicyclic) bond motifs is 5. The van der Waals surface area contributed by atoms with Crippen LogP contribution in [0.3, 0.4) is 0 Å². The molecule has 0 saturated heterocycles. The van der Waals surface area contributed by atoms with Crippen molar-refractivity contribution in [2.75, 3.05) is 6.61 Å². The van der Waals surface area contributed by atoms with Gasteiger partial charge >= 0.3 is 59.1 Å². The van der Waals surface area contributed by atoms with Gasteiger partial charge < -0.3 is 14.2 Å². The van der Waals surface area contributed by atoms with Gasteiger partial charge in [-0.2, -0.15) is 0 Å². The molecule has 0 aromatic rings. The summed E-state index contributed by atoms with van der Waals surface area (Å²) in [5, 5.41) is 10.5. The Labute approximate surface area is 285 Å². The minimum absolute atomic E-state index is 0. The van der Waals surface area contributed by atoms with Crippen LogP contribution in [0.5, 0.6) is 0 Å². The number of rotatable bonds is 10. The fourth-order valence-corrected chi connectivity index (χ4v) is 9.93. The summed E-state index contributed by atoms with van der Waals surface area (Å²) in [7, 11) is -9.68. The summed E-state index contributed by atoms with van der Waals surface area (Å²) in [5.41, 5.74) is 0.769. The summed E-state index contributed by atoms with van der Waals surface area (Å²) in [6.07, 6.45) is 8.34. The summed E-state index contributed by atoms with van der Waals surface area (Å²) in [6.45, 7) is 8.73. The van der Waals surface area contributed by atoms with E-state index in [4.69, 9.17) is 8.37 Å². The topological polar surface area (TPSA) is 153 Å². The zero-order chi connectivity index (χ0) is 28.1.